The van der Waals surface area contributed by atoms with Crippen LogP contribution in [0, 0.1) is 0 Å². The van der Waals surface area contributed by atoms with Gasteiger partial charge in [-0.25, -0.2) is 0 Å². The van der Waals surface area contributed by atoms with E-state index in [1.54, 1.807) is 26.2 Å². The van der Waals surface area contributed by atoms with Crippen LogP contribution in [0.4, 0.5) is 0 Å². The standard InChI is InChI=1S/C13H14N2O3S/c1-8-12(17)15-13(19-8)14-11(16)7-9-3-5-10(18-2)6-4-9/h3-6,8H,7H2,1-2H3,(H,14,15,16,17). The van der Waals surface area contributed by atoms with Crippen molar-refractivity contribution in [3.05, 3.63) is 29.8 Å². The summed E-state index contributed by atoms with van der Waals surface area (Å²) in [5.74, 6) is 0.363. The molecular formula is C13H14N2O3S. The Morgan fingerprint density at radius 1 is 1.42 bits per heavy atom. The fourth-order valence-corrected chi connectivity index (χ4v) is 2.39. The fourth-order valence-electron chi connectivity index (χ4n) is 1.58. The lowest BCUT2D eigenvalue weighted by molar-refractivity contribution is -0.119. The highest BCUT2D eigenvalue weighted by molar-refractivity contribution is 8.15. The van der Waals surface area contributed by atoms with Gasteiger partial charge < -0.3 is 10.1 Å². The maximum absolute atomic E-state index is 11.8. The molecule has 1 aromatic rings. The first-order valence-corrected chi connectivity index (χ1v) is 6.68. The summed E-state index contributed by atoms with van der Waals surface area (Å²) in [5, 5.41) is 2.81. The van der Waals surface area contributed by atoms with E-state index in [4.69, 9.17) is 4.74 Å². The van der Waals surface area contributed by atoms with Gasteiger partial charge in [-0.05, 0) is 24.6 Å². The van der Waals surface area contributed by atoms with E-state index in [0.717, 1.165) is 11.3 Å². The molecule has 0 aromatic heterocycles. The van der Waals surface area contributed by atoms with Gasteiger partial charge in [0.1, 0.15) is 5.75 Å². The third-order valence-corrected chi connectivity index (χ3v) is 3.59. The molecule has 0 spiro atoms. The van der Waals surface area contributed by atoms with Crippen LogP contribution in [0.1, 0.15) is 12.5 Å². The fraction of sp³-hybridized carbons (Fsp3) is 0.308. The van der Waals surface area contributed by atoms with E-state index < -0.39 is 0 Å². The van der Waals surface area contributed by atoms with Crippen LogP contribution in [0.3, 0.4) is 0 Å². The Bertz CT molecular complexity index is 525. The maximum atomic E-state index is 11.8. The van der Waals surface area contributed by atoms with E-state index >= 15 is 0 Å². The molecule has 2 amide bonds. The number of hydrogen-bond acceptors (Lipinski definition) is 4. The molecule has 1 unspecified atom stereocenters. The summed E-state index contributed by atoms with van der Waals surface area (Å²) in [6.45, 7) is 1.76. The van der Waals surface area contributed by atoms with Gasteiger partial charge in [0.25, 0.3) is 5.91 Å². The molecule has 0 fully saturated rings. The van der Waals surface area contributed by atoms with E-state index in [9.17, 15) is 9.59 Å². The maximum Gasteiger partial charge on any atom is 0.261 e. The van der Waals surface area contributed by atoms with Gasteiger partial charge in [-0.15, -0.1) is 0 Å². The molecule has 6 heteroatoms. The Morgan fingerprint density at radius 3 is 2.63 bits per heavy atom. The summed E-state index contributed by atoms with van der Waals surface area (Å²) in [7, 11) is 1.59. The number of methoxy groups -OCH3 is 1. The van der Waals surface area contributed by atoms with Crippen LogP contribution in [0.25, 0.3) is 0 Å². The largest absolute Gasteiger partial charge is 0.497 e. The van der Waals surface area contributed by atoms with Crippen LogP contribution in [0.5, 0.6) is 5.75 Å². The summed E-state index contributed by atoms with van der Waals surface area (Å²) in [4.78, 5) is 26.8. The molecule has 5 nitrogen and oxygen atoms in total. The van der Waals surface area contributed by atoms with E-state index in [1.165, 1.54) is 11.8 Å². The second-order valence-electron chi connectivity index (χ2n) is 4.09. The van der Waals surface area contributed by atoms with Crippen molar-refractivity contribution < 1.29 is 14.3 Å². The van der Waals surface area contributed by atoms with Crippen molar-refractivity contribution in [3.8, 4) is 5.75 Å². The van der Waals surface area contributed by atoms with Crippen molar-refractivity contribution in [2.45, 2.75) is 18.6 Å². The molecule has 0 radical (unpaired) electrons. The van der Waals surface area contributed by atoms with Crippen LogP contribution >= 0.6 is 11.8 Å². The Labute approximate surface area is 115 Å². The SMILES string of the molecule is COc1ccc(CC(=O)NC2=NC(=O)C(C)S2)cc1. The first kappa shape index (κ1) is 13.6. The zero-order valence-corrected chi connectivity index (χ0v) is 11.5. The van der Waals surface area contributed by atoms with Crippen LogP contribution < -0.4 is 10.1 Å². The number of benzene rings is 1. The summed E-state index contributed by atoms with van der Waals surface area (Å²) >= 11 is 1.27. The van der Waals surface area contributed by atoms with Gasteiger partial charge in [0.05, 0.1) is 18.8 Å². The third kappa shape index (κ3) is 3.57. The number of carbonyl (C=O) groups excluding carboxylic acids is 2. The number of nitrogens with zero attached hydrogens (tertiary/aromatic N) is 1. The summed E-state index contributed by atoms with van der Waals surface area (Å²) in [6.07, 6.45) is 0.242. The van der Waals surface area contributed by atoms with Crippen LogP contribution in [-0.2, 0) is 16.0 Å². The number of aliphatic imine (C=N–C) groups is 1. The Morgan fingerprint density at radius 2 is 2.11 bits per heavy atom. The normalized spacial score (nSPS) is 18.1. The second kappa shape index (κ2) is 5.88. The number of rotatable bonds is 3. The average molecular weight is 278 g/mol. The molecule has 0 saturated carbocycles. The summed E-state index contributed by atoms with van der Waals surface area (Å²) < 4.78 is 5.04. The third-order valence-electron chi connectivity index (χ3n) is 2.62. The summed E-state index contributed by atoms with van der Waals surface area (Å²) in [5.41, 5.74) is 0.876. The molecular weight excluding hydrogens is 264 g/mol. The number of nitrogens with one attached hydrogen (secondary N) is 1. The van der Waals surface area contributed by atoms with Gasteiger partial charge >= 0.3 is 0 Å². The number of thioether (sulfide) groups is 1. The minimum atomic E-state index is -0.212. The molecule has 2 rings (SSSR count). The molecule has 1 N–H and O–H groups in total. The number of ether oxygens (including phenoxy) is 1. The summed E-state index contributed by atoms with van der Waals surface area (Å²) in [6, 6.07) is 7.26. The van der Waals surface area contributed by atoms with Gasteiger partial charge in [0.15, 0.2) is 5.17 Å². The quantitative estimate of drug-likeness (QED) is 0.906. The Kier molecular flexibility index (Phi) is 4.21. The zero-order valence-electron chi connectivity index (χ0n) is 10.7. The lowest BCUT2D eigenvalue weighted by Crippen LogP contribution is -2.29. The van der Waals surface area contributed by atoms with Crippen molar-refractivity contribution in [1.29, 1.82) is 0 Å². The van der Waals surface area contributed by atoms with E-state index in [-0.39, 0.29) is 23.5 Å². The molecule has 1 aromatic carbocycles. The Balaban J connectivity index is 1.91. The number of amidine groups is 1. The highest BCUT2D eigenvalue weighted by Crippen LogP contribution is 2.20. The van der Waals surface area contributed by atoms with Crippen molar-refractivity contribution in [2.24, 2.45) is 4.99 Å². The van der Waals surface area contributed by atoms with Crippen molar-refractivity contribution in [3.63, 3.8) is 0 Å². The van der Waals surface area contributed by atoms with Gasteiger partial charge in [-0.2, -0.15) is 4.99 Å². The van der Waals surface area contributed by atoms with Crippen molar-refractivity contribution in [2.75, 3.05) is 7.11 Å². The highest BCUT2D eigenvalue weighted by Gasteiger charge is 2.24. The molecule has 0 bridgehead atoms. The monoisotopic (exact) mass is 278 g/mol. The van der Waals surface area contributed by atoms with Gasteiger partial charge in [0.2, 0.25) is 5.91 Å². The van der Waals surface area contributed by atoms with Crippen LogP contribution in [0.15, 0.2) is 29.3 Å². The van der Waals surface area contributed by atoms with E-state index in [2.05, 4.69) is 10.3 Å². The predicted molar refractivity (Wildman–Crippen MR) is 74.3 cm³/mol. The first-order valence-electron chi connectivity index (χ1n) is 5.80. The smallest absolute Gasteiger partial charge is 0.261 e. The predicted octanol–water partition coefficient (Wildman–Crippen LogP) is 1.37. The minimum absolute atomic E-state index is 0.182. The highest BCUT2D eigenvalue weighted by atomic mass is 32.2. The Hall–Kier alpha value is -1.82. The molecule has 19 heavy (non-hydrogen) atoms. The van der Waals surface area contributed by atoms with Gasteiger partial charge in [-0.3, -0.25) is 9.59 Å². The molecule has 1 aliphatic heterocycles. The van der Waals surface area contributed by atoms with E-state index in [1.807, 2.05) is 12.1 Å². The molecule has 1 aliphatic rings. The average Bonchev–Trinajstić information content (AvgIpc) is 2.69. The van der Waals surface area contributed by atoms with Crippen LogP contribution in [-0.4, -0.2) is 29.3 Å². The van der Waals surface area contributed by atoms with E-state index in [0.29, 0.717) is 5.17 Å². The zero-order chi connectivity index (χ0) is 13.8. The van der Waals surface area contributed by atoms with Gasteiger partial charge in [-0.1, -0.05) is 23.9 Å². The van der Waals surface area contributed by atoms with Crippen molar-refractivity contribution >= 4 is 28.7 Å². The molecule has 0 aliphatic carbocycles. The topological polar surface area (TPSA) is 67.8 Å². The van der Waals surface area contributed by atoms with Crippen LogP contribution in [0.2, 0.25) is 0 Å². The lowest BCUT2D eigenvalue weighted by atomic mass is 10.1. The first-order chi connectivity index (χ1) is 9.08. The number of carbonyl (C=O) groups is 2. The number of amides is 2. The van der Waals surface area contributed by atoms with Gasteiger partial charge in [0, 0.05) is 0 Å². The van der Waals surface area contributed by atoms with Crippen molar-refractivity contribution in [1.82, 2.24) is 5.32 Å². The molecule has 0 saturated heterocycles. The molecule has 100 valence electrons. The second-order valence-corrected chi connectivity index (χ2v) is 5.42. The minimum Gasteiger partial charge on any atom is -0.497 e. The number of hydrogen-bond donors (Lipinski definition) is 1. The molecule has 1 atom stereocenters. The molecule has 1 heterocycles. The lowest BCUT2D eigenvalue weighted by Gasteiger charge is -2.05.